The number of hydrogen-bond acceptors (Lipinski definition) is 4. The van der Waals surface area contributed by atoms with E-state index in [-0.39, 0.29) is 17.3 Å². The zero-order valence-corrected chi connectivity index (χ0v) is 18.6. The first kappa shape index (κ1) is 21.1. The summed E-state index contributed by atoms with van der Waals surface area (Å²) in [6, 6.07) is 3.55. The Morgan fingerprint density at radius 3 is 2.79 bits per heavy atom. The summed E-state index contributed by atoms with van der Waals surface area (Å²) >= 11 is 6.49. The molecule has 1 saturated heterocycles. The van der Waals surface area contributed by atoms with E-state index in [0.29, 0.717) is 27.3 Å². The van der Waals surface area contributed by atoms with Crippen molar-refractivity contribution in [2.24, 2.45) is 0 Å². The fourth-order valence-electron chi connectivity index (χ4n) is 4.21. The van der Waals surface area contributed by atoms with Crippen molar-refractivity contribution < 1.29 is 9.18 Å². The Morgan fingerprint density at radius 2 is 2.14 bits per heavy atom. The van der Waals surface area contributed by atoms with Gasteiger partial charge in [0.25, 0.3) is 5.91 Å². The van der Waals surface area contributed by atoms with Crippen LogP contribution in [0.1, 0.15) is 57.6 Å². The van der Waals surface area contributed by atoms with Crippen LogP contribution in [0.2, 0.25) is 0 Å². The number of fused-ring (bicyclic) bond motifs is 1. The van der Waals surface area contributed by atoms with E-state index in [1.165, 1.54) is 16.7 Å². The van der Waals surface area contributed by atoms with Crippen molar-refractivity contribution in [1.82, 2.24) is 4.90 Å². The van der Waals surface area contributed by atoms with Crippen LogP contribution in [0.15, 0.2) is 29.7 Å². The van der Waals surface area contributed by atoms with Crippen LogP contribution in [-0.2, 0) is 4.79 Å². The van der Waals surface area contributed by atoms with Gasteiger partial charge in [0.1, 0.15) is 10.1 Å². The van der Waals surface area contributed by atoms with Gasteiger partial charge in [0.05, 0.1) is 4.91 Å². The van der Waals surface area contributed by atoms with Crippen LogP contribution in [-0.4, -0.2) is 33.8 Å². The number of amides is 1. The van der Waals surface area contributed by atoms with Gasteiger partial charge in [-0.05, 0) is 56.4 Å². The predicted molar refractivity (Wildman–Crippen MR) is 121 cm³/mol. The Morgan fingerprint density at radius 1 is 1.43 bits per heavy atom. The summed E-state index contributed by atoms with van der Waals surface area (Å²) in [7, 11) is 0. The van der Waals surface area contributed by atoms with Crippen molar-refractivity contribution in [3.8, 4) is 0 Å². The molecule has 6 heteroatoms. The van der Waals surface area contributed by atoms with Crippen molar-refractivity contribution in [3.05, 3.63) is 46.6 Å². The first-order chi connectivity index (χ1) is 13.2. The molecule has 1 amide bonds. The molecule has 0 aliphatic carbocycles. The minimum Gasteiger partial charge on any atom is -0.366 e. The molecule has 0 saturated carbocycles. The summed E-state index contributed by atoms with van der Waals surface area (Å²) in [6.07, 6.45) is 5.28. The number of carbonyl (C=O) groups is 1. The van der Waals surface area contributed by atoms with Crippen molar-refractivity contribution in [2.45, 2.75) is 52.0 Å². The maximum Gasteiger partial charge on any atom is 0.266 e. The number of benzene rings is 1. The van der Waals surface area contributed by atoms with Crippen LogP contribution in [0.5, 0.6) is 0 Å². The van der Waals surface area contributed by atoms with Crippen LogP contribution in [0.4, 0.5) is 10.1 Å². The lowest BCUT2D eigenvalue weighted by molar-refractivity contribution is -0.121. The largest absolute Gasteiger partial charge is 0.366 e. The lowest BCUT2D eigenvalue weighted by Gasteiger charge is -2.47. The third kappa shape index (κ3) is 3.77. The summed E-state index contributed by atoms with van der Waals surface area (Å²) < 4.78 is 15.5. The average molecular weight is 419 g/mol. The monoisotopic (exact) mass is 418 g/mol. The summed E-state index contributed by atoms with van der Waals surface area (Å²) in [5, 5.41) is 0. The standard InChI is InChI=1S/C22H27FN2OS2/c1-6-8-24-20(26)19(28-21(24)27)11-15-10-16-14(3)13-22(4,5)25(9-7-2)18(16)12-17(15)23/h6,10-12,14H,1,7-9,13H2,2-5H3/b19-11+. The minimum atomic E-state index is -0.307. The van der Waals surface area contributed by atoms with Gasteiger partial charge in [0.2, 0.25) is 0 Å². The number of thiocarbonyl (C=S) groups is 1. The van der Waals surface area contributed by atoms with Gasteiger partial charge in [-0.3, -0.25) is 9.69 Å². The molecule has 0 N–H and O–H groups in total. The lowest BCUT2D eigenvalue weighted by atomic mass is 9.79. The lowest BCUT2D eigenvalue weighted by Crippen LogP contribution is -2.48. The molecule has 1 aromatic rings. The van der Waals surface area contributed by atoms with Crippen molar-refractivity contribution in [2.75, 3.05) is 18.0 Å². The van der Waals surface area contributed by atoms with Gasteiger partial charge in [0.15, 0.2) is 0 Å². The highest BCUT2D eigenvalue weighted by Crippen LogP contribution is 2.45. The Labute approximate surface area is 176 Å². The highest BCUT2D eigenvalue weighted by molar-refractivity contribution is 8.26. The van der Waals surface area contributed by atoms with Crippen LogP contribution in [0, 0.1) is 5.82 Å². The molecule has 2 heterocycles. The molecule has 3 nitrogen and oxygen atoms in total. The van der Waals surface area contributed by atoms with Crippen molar-refractivity contribution in [3.63, 3.8) is 0 Å². The van der Waals surface area contributed by atoms with Crippen LogP contribution in [0.3, 0.4) is 0 Å². The average Bonchev–Trinajstić information content (AvgIpc) is 2.87. The molecular formula is C22H27FN2OS2. The molecule has 1 fully saturated rings. The van der Waals surface area contributed by atoms with Gasteiger partial charge in [-0.1, -0.05) is 43.9 Å². The fourth-order valence-corrected chi connectivity index (χ4v) is 5.47. The Hall–Kier alpha value is -1.66. The fraction of sp³-hybridized carbons (Fsp3) is 0.455. The van der Waals surface area contributed by atoms with Crippen LogP contribution in [0.25, 0.3) is 6.08 Å². The van der Waals surface area contributed by atoms with E-state index in [2.05, 4.69) is 39.2 Å². The molecule has 3 rings (SSSR count). The molecule has 0 radical (unpaired) electrons. The van der Waals surface area contributed by atoms with E-state index in [1.807, 2.05) is 6.07 Å². The van der Waals surface area contributed by atoms with Gasteiger partial charge in [-0.2, -0.15) is 0 Å². The molecule has 1 aromatic carbocycles. The Bertz CT molecular complexity index is 862. The Balaban J connectivity index is 2.02. The normalized spacial score (nSPS) is 22.8. The maximum absolute atomic E-state index is 15.0. The second-order valence-electron chi connectivity index (χ2n) is 8.08. The molecule has 0 aromatic heterocycles. The topological polar surface area (TPSA) is 23.6 Å². The summed E-state index contributed by atoms with van der Waals surface area (Å²) in [6.45, 7) is 13.7. The molecule has 1 unspecified atom stereocenters. The van der Waals surface area contributed by atoms with Crippen molar-refractivity contribution >= 4 is 46.0 Å². The van der Waals surface area contributed by atoms with Crippen LogP contribution < -0.4 is 4.90 Å². The van der Waals surface area contributed by atoms with Gasteiger partial charge in [-0.25, -0.2) is 4.39 Å². The van der Waals surface area contributed by atoms with Crippen molar-refractivity contribution in [1.29, 1.82) is 0 Å². The van der Waals surface area contributed by atoms with Gasteiger partial charge < -0.3 is 4.90 Å². The second-order valence-corrected chi connectivity index (χ2v) is 9.76. The molecule has 0 spiro atoms. The van der Waals surface area contributed by atoms with Gasteiger partial charge in [0, 0.05) is 29.9 Å². The number of carbonyl (C=O) groups excluding carboxylic acids is 1. The van der Waals surface area contributed by atoms with E-state index in [1.54, 1.807) is 18.2 Å². The van der Waals surface area contributed by atoms with Gasteiger partial charge >= 0.3 is 0 Å². The number of nitrogens with zero attached hydrogens (tertiary/aromatic N) is 2. The highest BCUT2D eigenvalue weighted by atomic mass is 32.2. The first-order valence-electron chi connectivity index (χ1n) is 9.67. The molecular weight excluding hydrogens is 391 g/mol. The van der Waals surface area contributed by atoms with E-state index < -0.39 is 0 Å². The molecule has 28 heavy (non-hydrogen) atoms. The van der Waals surface area contributed by atoms with E-state index in [0.717, 1.165) is 30.6 Å². The number of rotatable bonds is 5. The molecule has 150 valence electrons. The SMILES string of the molecule is C=CCN1C(=O)/C(=C\c2cc3c(cc2F)N(CCC)C(C)(C)CC3C)SC1=S. The quantitative estimate of drug-likeness (QED) is 0.347. The molecule has 2 aliphatic heterocycles. The number of hydrogen-bond donors (Lipinski definition) is 0. The predicted octanol–water partition coefficient (Wildman–Crippen LogP) is 5.72. The van der Waals surface area contributed by atoms with E-state index in [4.69, 9.17) is 12.2 Å². The first-order valence-corrected chi connectivity index (χ1v) is 10.9. The smallest absolute Gasteiger partial charge is 0.266 e. The Kier molecular flexibility index (Phi) is 6.01. The molecule has 1 atom stereocenters. The van der Waals surface area contributed by atoms with Gasteiger partial charge in [-0.15, -0.1) is 6.58 Å². The third-order valence-electron chi connectivity index (χ3n) is 5.42. The zero-order valence-electron chi connectivity index (χ0n) is 16.9. The zero-order chi connectivity index (χ0) is 20.6. The summed E-state index contributed by atoms with van der Waals surface area (Å²) in [5.41, 5.74) is 2.55. The van der Waals surface area contributed by atoms with E-state index >= 15 is 4.39 Å². The summed E-state index contributed by atoms with van der Waals surface area (Å²) in [4.78, 5) is 16.8. The number of anilines is 1. The molecule has 0 bridgehead atoms. The van der Waals surface area contributed by atoms with E-state index in [9.17, 15) is 4.79 Å². The second kappa shape index (κ2) is 7.99. The number of thioether (sulfide) groups is 1. The summed E-state index contributed by atoms with van der Waals surface area (Å²) in [5.74, 6) is -0.173. The number of halogens is 1. The van der Waals surface area contributed by atoms with Crippen LogP contribution >= 0.6 is 24.0 Å². The highest BCUT2D eigenvalue weighted by Gasteiger charge is 2.37. The maximum atomic E-state index is 15.0. The molecule has 2 aliphatic rings. The minimum absolute atomic E-state index is 0.0104. The third-order valence-corrected chi connectivity index (χ3v) is 6.80.